The summed E-state index contributed by atoms with van der Waals surface area (Å²) in [5.74, 6) is 0.345. The second-order valence-electron chi connectivity index (χ2n) is 6.32. The molecule has 1 unspecified atom stereocenters. The van der Waals surface area contributed by atoms with Crippen molar-refractivity contribution in [3.05, 3.63) is 35.4 Å². The number of carboxylic acids is 1. The maximum Gasteiger partial charge on any atom is 0.307 e. The Labute approximate surface area is 122 Å². The van der Waals surface area contributed by atoms with Gasteiger partial charge in [0.25, 0.3) is 0 Å². The van der Waals surface area contributed by atoms with Crippen molar-refractivity contribution in [2.24, 2.45) is 17.8 Å². The van der Waals surface area contributed by atoms with Gasteiger partial charge in [-0.1, -0.05) is 56.0 Å². The van der Waals surface area contributed by atoms with E-state index in [1.807, 2.05) is 0 Å². The van der Waals surface area contributed by atoms with Gasteiger partial charge in [-0.05, 0) is 43.6 Å². The van der Waals surface area contributed by atoms with Crippen LogP contribution in [-0.2, 0) is 11.2 Å². The van der Waals surface area contributed by atoms with Crippen molar-refractivity contribution in [3.63, 3.8) is 0 Å². The van der Waals surface area contributed by atoms with Crippen molar-refractivity contribution < 1.29 is 9.90 Å². The zero-order chi connectivity index (χ0) is 14.5. The zero-order valence-corrected chi connectivity index (χ0v) is 12.6. The number of aryl methyl sites for hydroxylation is 1. The molecule has 1 aromatic carbocycles. The predicted octanol–water partition coefficient (Wildman–Crippen LogP) is 4.45. The second kappa shape index (κ2) is 6.92. The van der Waals surface area contributed by atoms with E-state index >= 15 is 0 Å². The van der Waals surface area contributed by atoms with Crippen LogP contribution in [0.3, 0.4) is 0 Å². The van der Waals surface area contributed by atoms with Gasteiger partial charge in [0.1, 0.15) is 0 Å². The van der Waals surface area contributed by atoms with Gasteiger partial charge >= 0.3 is 5.97 Å². The molecule has 1 N–H and O–H groups in total. The summed E-state index contributed by atoms with van der Waals surface area (Å²) in [5.41, 5.74) is 2.38. The molecule has 0 aromatic heterocycles. The van der Waals surface area contributed by atoms with Gasteiger partial charge in [0.2, 0.25) is 0 Å². The highest BCUT2D eigenvalue weighted by atomic mass is 16.4. The number of aliphatic carboxylic acids is 1. The SMILES string of the molecule is CCC1CCC(C(Cc2ccc(C)cc2)C(=O)O)CC1. The number of rotatable bonds is 5. The Morgan fingerprint density at radius 2 is 1.80 bits per heavy atom. The van der Waals surface area contributed by atoms with Crippen molar-refractivity contribution in [2.45, 2.75) is 52.4 Å². The highest BCUT2D eigenvalue weighted by Gasteiger charge is 2.31. The molecule has 1 fully saturated rings. The first-order valence-corrected chi connectivity index (χ1v) is 7.88. The fourth-order valence-electron chi connectivity index (χ4n) is 3.43. The maximum atomic E-state index is 11.6. The Bertz CT molecular complexity index is 427. The minimum Gasteiger partial charge on any atom is -0.481 e. The van der Waals surface area contributed by atoms with Crippen molar-refractivity contribution in [1.29, 1.82) is 0 Å². The van der Waals surface area contributed by atoms with Crippen LogP contribution in [0.5, 0.6) is 0 Å². The summed E-state index contributed by atoms with van der Waals surface area (Å²) in [7, 11) is 0. The van der Waals surface area contributed by atoms with Crippen LogP contribution < -0.4 is 0 Å². The minimum absolute atomic E-state index is 0.212. The smallest absolute Gasteiger partial charge is 0.307 e. The zero-order valence-electron chi connectivity index (χ0n) is 12.6. The molecule has 1 saturated carbocycles. The fourth-order valence-corrected chi connectivity index (χ4v) is 3.43. The lowest BCUT2D eigenvalue weighted by atomic mass is 9.73. The summed E-state index contributed by atoms with van der Waals surface area (Å²) >= 11 is 0. The van der Waals surface area contributed by atoms with Crippen LogP contribution >= 0.6 is 0 Å². The summed E-state index contributed by atoms with van der Waals surface area (Å²) in [6.45, 7) is 4.30. The van der Waals surface area contributed by atoms with Crippen molar-refractivity contribution in [3.8, 4) is 0 Å². The largest absolute Gasteiger partial charge is 0.481 e. The number of hydrogen-bond donors (Lipinski definition) is 1. The molecule has 1 atom stereocenters. The molecule has 1 aliphatic rings. The molecule has 0 spiro atoms. The topological polar surface area (TPSA) is 37.3 Å². The normalized spacial score (nSPS) is 24.3. The van der Waals surface area contributed by atoms with Crippen LogP contribution in [0.2, 0.25) is 0 Å². The van der Waals surface area contributed by atoms with Crippen LogP contribution in [-0.4, -0.2) is 11.1 Å². The summed E-state index contributed by atoms with van der Waals surface area (Å²) in [6.07, 6.45) is 6.50. The average Bonchev–Trinajstić information content (AvgIpc) is 2.46. The lowest BCUT2D eigenvalue weighted by Crippen LogP contribution is -2.29. The molecule has 2 rings (SSSR count). The van der Waals surface area contributed by atoms with Gasteiger partial charge < -0.3 is 5.11 Å². The summed E-state index contributed by atoms with van der Waals surface area (Å²) in [5, 5.41) is 9.56. The third-order valence-electron chi connectivity index (χ3n) is 4.93. The Morgan fingerprint density at radius 1 is 1.20 bits per heavy atom. The molecule has 1 aromatic rings. The molecule has 1 aliphatic carbocycles. The van der Waals surface area contributed by atoms with Crippen LogP contribution in [0.15, 0.2) is 24.3 Å². The van der Waals surface area contributed by atoms with E-state index in [-0.39, 0.29) is 5.92 Å². The first-order chi connectivity index (χ1) is 9.60. The fraction of sp³-hybridized carbons (Fsp3) is 0.611. The molecule has 20 heavy (non-hydrogen) atoms. The molecule has 110 valence electrons. The molecule has 2 heteroatoms. The van der Waals surface area contributed by atoms with Crippen molar-refractivity contribution in [1.82, 2.24) is 0 Å². The van der Waals surface area contributed by atoms with E-state index in [4.69, 9.17) is 0 Å². The highest BCUT2D eigenvalue weighted by Crippen LogP contribution is 2.36. The monoisotopic (exact) mass is 274 g/mol. The Balaban J connectivity index is 2.00. The van der Waals surface area contributed by atoms with Gasteiger partial charge in [0, 0.05) is 0 Å². The number of benzene rings is 1. The van der Waals surface area contributed by atoms with Crippen LogP contribution in [0.25, 0.3) is 0 Å². The Kier molecular flexibility index (Phi) is 5.22. The standard InChI is InChI=1S/C18H26O2/c1-3-14-8-10-16(11-9-14)17(18(19)20)12-15-6-4-13(2)5-7-15/h4-7,14,16-17H,3,8-12H2,1-2H3,(H,19,20). The quantitative estimate of drug-likeness (QED) is 0.861. The van der Waals surface area contributed by atoms with Gasteiger partial charge in [-0.15, -0.1) is 0 Å². The third kappa shape index (κ3) is 3.84. The summed E-state index contributed by atoms with van der Waals surface area (Å²) < 4.78 is 0. The van der Waals surface area contributed by atoms with Gasteiger partial charge in [-0.3, -0.25) is 4.79 Å². The first-order valence-electron chi connectivity index (χ1n) is 7.88. The van der Waals surface area contributed by atoms with E-state index in [1.165, 1.54) is 24.8 Å². The summed E-state index contributed by atoms with van der Waals surface area (Å²) in [6, 6.07) is 8.29. The molecular formula is C18H26O2. The molecule has 0 aliphatic heterocycles. The van der Waals surface area contributed by atoms with Crippen molar-refractivity contribution >= 4 is 5.97 Å². The number of carboxylic acid groups (broad SMARTS) is 1. The predicted molar refractivity (Wildman–Crippen MR) is 81.7 cm³/mol. The van der Waals surface area contributed by atoms with Gasteiger partial charge in [-0.25, -0.2) is 0 Å². The maximum absolute atomic E-state index is 11.6. The van der Waals surface area contributed by atoms with E-state index in [0.29, 0.717) is 12.3 Å². The van der Waals surface area contributed by atoms with E-state index in [0.717, 1.165) is 24.3 Å². The van der Waals surface area contributed by atoms with Crippen molar-refractivity contribution in [2.75, 3.05) is 0 Å². The Hall–Kier alpha value is -1.31. The molecule has 0 radical (unpaired) electrons. The van der Waals surface area contributed by atoms with E-state index < -0.39 is 5.97 Å². The third-order valence-corrected chi connectivity index (χ3v) is 4.93. The molecule has 2 nitrogen and oxygen atoms in total. The van der Waals surface area contributed by atoms with Gasteiger partial charge in [0.15, 0.2) is 0 Å². The molecule has 0 heterocycles. The van der Waals surface area contributed by atoms with Crippen LogP contribution in [0, 0.1) is 24.7 Å². The van der Waals surface area contributed by atoms with E-state index in [9.17, 15) is 9.90 Å². The lowest BCUT2D eigenvalue weighted by Gasteiger charge is -2.31. The van der Waals surface area contributed by atoms with Gasteiger partial charge in [0.05, 0.1) is 5.92 Å². The second-order valence-corrected chi connectivity index (χ2v) is 6.32. The highest BCUT2D eigenvalue weighted by molar-refractivity contribution is 5.70. The molecule has 0 bridgehead atoms. The first kappa shape index (κ1) is 15.1. The van der Waals surface area contributed by atoms with Crippen LogP contribution in [0.1, 0.15) is 50.2 Å². The minimum atomic E-state index is -0.620. The molecule has 0 amide bonds. The van der Waals surface area contributed by atoms with Gasteiger partial charge in [-0.2, -0.15) is 0 Å². The molecular weight excluding hydrogens is 248 g/mol. The molecule has 0 saturated heterocycles. The number of hydrogen-bond acceptors (Lipinski definition) is 1. The lowest BCUT2D eigenvalue weighted by molar-refractivity contribution is -0.144. The Morgan fingerprint density at radius 3 is 2.30 bits per heavy atom. The average molecular weight is 274 g/mol. The van der Waals surface area contributed by atoms with E-state index in [2.05, 4.69) is 38.1 Å². The number of carbonyl (C=O) groups is 1. The summed E-state index contributed by atoms with van der Waals surface area (Å²) in [4.78, 5) is 11.6. The van der Waals surface area contributed by atoms with Crippen LogP contribution in [0.4, 0.5) is 0 Å². The van der Waals surface area contributed by atoms with E-state index in [1.54, 1.807) is 0 Å².